The second-order valence-electron chi connectivity index (χ2n) is 6.66. The first-order valence-corrected chi connectivity index (χ1v) is 8.85. The average molecular weight is 364 g/mol. The number of para-hydroxylation sites is 1. The molecule has 0 bridgehead atoms. The maximum atomic E-state index is 12.4. The lowest BCUT2D eigenvalue weighted by molar-refractivity contribution is -0.161. The number of fused-ring (bicyclic) bond motifs is 1. The van der Waals surface area contributed by atoms with E-state index in [4.69, 9.17) is 4.74 Å². The van der Waals surface area contributed by atoms with E-state index in [2.05, 4.69) is 5.32 Å². The average Bonchev–Trinajstić information content (AvgIpc) is 2.81. The lowest BCUT2D eigenvalue weighted by Gasteiger charge is -2.43. The molecule has 0 radical (unpaired) electrons. The number of aliphatic carboxylic acids is 1. The zero-order chi connectivity index (χ0) is 18.4. The van der Waals surface area contributed by atoms with Gasteiger partial charge >= 0.3 is 5.97 Å². The van der Waals surface area contributed by atoms with Crippen LogP contribution in [-0.4, -0.2) is 56.1 Å². The molecule has 4 atom stereocenters. The number of carbonyl (C=O) groups excluding carboxylic acids is 2. The molecule has 2 aliphatic rings. The molecule has 134 valence electrons. The van der Waals surface area contributed by atoms with Crippen molar-refractivity contribution in [2.24, 2.45) is 0 Å². The number of thioether (sulfide) groups is 1. The summed E-state index contributed by atoms with van der Waals surface area (Å²) in [5, 5.41) is 11.7. The van der Waals surface area contributed by atoms with E-state index in [1.54, 1.807) is 45.0 Å². The van der Waals surface area contributed by atoms with E-state index in [1.807, 2.05) is 6.07 Å². The zero-order valence-corrected chi connectivity index (χ0v) is 14.9. The Hall–Kier alpha value is -2.22. The third-order valence-electron chi connectivity index (χ3n) is 4.40. The van der Waals surface area contributed by atoms with Crippen LogP contribution in [-0.2, 0) is 14.4 Å². The van der Waals surface area contributed by atoms with E-state index >= 15 is 0 Å². The van der Waals surface area contributed by atoms with Crippen LogP contribution in [0.4, 0.5) is 0 Å². The lowest BCUT2D eigenvalue weighted by atomic mass is 9.96. The molecule has 2 N–H and O–H groups in total. The van der Waals surface area contributed by atoms with Crippen LogP contribution in [0.5, 0.6) is 5.75 Å². The monoisotopic (exact) mass is 364 g/mol. The predicted octanol–water partition coefficient (Wildman–Crippen LogP) is 1.09. The van der Waals surface area contributed by atoms with Crippen LogP contribution in [0.15, 0.2) is 30.3 Å². The number of hydrogen-bond donors (Lipinski definition) is 2. The van der Waals surface area contributed by atoms with Gasteiger partial charge < -0.3 is 20.1 Å². The highest BCUT2D eigenvalue weighted by molar-refractivity contribution is 8.01. The van der Waals surface area contributed by atoms with E-state index in [-0.39, 0.29) is 11.3 Å². The van der Waals surface area contributed by atoms with Gasteiger partial charge in [0.1, 0.15) is 23.2 Å². The van der Waals surface area contributed by atoms with E-state index in [0.29, 0.717) is 5.75 Å². The molecule has 0 unspecified atom stereocenters. The largest absolute Gasteiger partial charge is 0.481 e. The fraction of sp³-hybridized carbons (Fsp3) is 0.471. The van der Waals surface area contributed by atoms with Crippen molar-refractivity contribution >= 4 is 29.5 Å². The van der Waals surface area contributed by atoms with Crippen LogP contribution in [0, 0.1) is 0 Å². The molecule has 0 aromatic heterocycles. The normalized spacial score (nSPS) is 27.9. The summed E-state index contributed by atoms with van der Waals surface area (Å²) in [7, 11) is 0. The van der Waals surface area contributed by atoms with Crippen LogP contribution in [0.1, 0.15) is 20.8 Å². The fourth-order valence-electron chi connectivity index (χ4n) is 3.17. The smallest absolute Gasteiger partial charge is 0.327 e. The molecule has 2 aliphatic heterocycles. The molecule has 2 saturated heterocycles. The van der Waals surface area contributed by atoms with Gasteiger partial charge in [-0.2, -0.15) is 0 Å². The van der Waals surface area contributed by atoms with Crippen LogP contribution < -0.4 is 10.1 Å². The number of β-lactam (4-membered cyclic amide) rings is 1. The Balaban J connectivity index is 1.64. The van der Waals surface area contributed by atoms with Crippen molar-refractivity contribution < 1.29 is 24.2 Å². The van der Waals surface area contributed by atoms with Crippen molar-refractivity contribution in [1.29, 1.82) is 0 Å². The summed E-state index contributed by atoms with van der Waals surface area (Å²) in [6, 6.07) is 7.33. The van der Waals surface area contributed by atoms with Crippen molar-refractivity contribution in [1.82, 2.24) is 10.2 Å². The van der Waals surface area contributed by atoms with Gasteiger partial charge in [0.15, 0.2) is 6.10 Å². The van der Waals surface area contributed by atoms with Gasteiger partial charge in [-0.3, -0.25) is 9.59 Å². The maximum absolute atomic E-state index is 12.4. The molecule has 2 heterocycles. The van der Waals surface area contributed by atoms with Gasteiger partial charge in [-0.15, -0.1) is 11.8 Å². The minimum atomic E-state index is -1.03. The summed E-state index contributed by atoms with van der Waals surface area (Å²) in [6.07, 6.45) is -0.765. The number of carboxylic acid groups (broad SMARTS) is 1. The third-order valence-corrected chi connectivity index (χ3v) is 5.97. The second-order valence-corrected chi connectivity index (χ2v) is 8.43. The Kier molecular flexibility index (Phi) is 4.40. The molecule has 0 saturated carbocycles. The molecule has 2 amide bonds. The predicted molar refractivity (Wildman–Crippen MR) is 92.2 cm³/mol. The summed E-state index contributed by atoms with van der Waals surface area (Å²) in [5.74, 6) is -1.23. The highest BCUT2D eigenvalue weighted by atomic mass is 32.2. The molecular weight excluding hydrogens is 344 g/mol. The van der Waals surface area contributed by atoms with Crippen LogP contribution in [0.2, 0.25) is 0 Å². The van der Waals surface area contributed by atoms with E-state index in [1.165, 1.54) is 16.7 Å². The first-order valence-electron chi connectivity index (χ1n) is 7.97. The Labute approximate surface area is 149 Å². The number of nitrogens with zero attached hydrogens (tertiary/aromatic N) is 1. The SMILES string of the molecule is C[C@@H](Oc1ccccc1)C(=O)N[C@H]1C(=O)N2[C@@H]1SC(C)(C)[C@H]2C(=O)O. The number of carbonyl (C=O) groups is 3. The Bertz CT molecular complexity index is 708. The molecular formula is C17H20N2O5S. The molecule has 2 fully saturated rings. The number of nitrogens with one attached hydrogen (secondary N) is 1. The van der Waals surface area contributed by atoms with Gasteiger partial charge in [0.2, 0.25) is 5.91 Å². The van der Waals surface area contributed by atoms with E-state index in [9.17, 15) is 19.5 Å². The van der Waals surface area contributed by atoms with Gasteiger partial charge in [-0.05, 0) is 32.9 Å². The van der Waals surface area contributed by atoms with Crippen molar-refractivity contribution in [3.63, 3.8) is 0 Å². The molecule has 7 nitrogen and oxygen atoms in total. The first-order chi connectivity index (χ1) is 11.7. The lowest BCUT2D eigenvalue weighted by Crippen LogP contribution is -2.71. The fourth-order valence-corrected chi connectivity index (χ4v) is 4.80. The third kappa shape index (κ3) is 3.06. The molecule has 25 heavy (non-hydrogen) atoms. The van der Waals surface area contributed by atoms with Gasteiger partial charge in [-0.25, -0.2) is 4.79 Å². The van der Waals surface area contributed by atoms with Crippen molar-refractivity contribution in [3.05, 3.63) is 30.3 Å². The second kappa shape index (κ2) is 6.25. The Morgan fingerprint density at radius 2 is 1.96 bits per heavy atom. The van der Waals surface area contributed by atoms with E-state index < -0.39 is 34.8 Å². The van der Waals surface area contributed by atoms with Crippen LogP contribution in [0.25, 0.3) is 0 Å². The molecule has 1 aromatic carbocycles. The summed E-state index contributed by atoms with van der Waals surface area (Å²) >= 11 is 1.39. The van der Waals surface area contributed by atoms with Crippen LogP contribution >= 0.6 is 11.8 Å². The number of benzene rings is 1. The van der Waals surface area contributed by atoms with Gasteiger partial charge in [-0.1, -0.05) is 18.2 Å². The van der Waals surface area contributed by atoms with Gasteiger partial charge in [0.05, 0.1) is 0 Å². The number of ether oxygens (including phenoxy) is 1. The van der Waals surface area contributed by atoms with Gasteiger partial charge in [0, 0.05) is 4.75 Å². The minimum Gasteiger partial charge on any atom is -0.481 e. The number of carboxylic acids is 1. The molecule has 1 aromatic rings. The number of amides is 2. The van der Waals surface area contributed by atoms with Crippen molar-refractivity contribution in [2.45, 2.75) is 49.1 Å². The van der Waals surface area contributed by atoms with Gasteiger partial charge in [0.25, 0.3) is 5.91 Å². The molecule has 0 spiro atoms. The summed E-state index contributed by atoms with van der Waals surface area (Å²) < 4.78 is 4.94. The molecule has 0 aliphatic carbocycles. The quantitative estimate of drug-likeness (QED) is 0.759. The summed E-state index contributed by atoms with van der Waals surface area (Å²) in [4.78, 5) is 37.5. The highest BCUT2D eigenvalue weighted by Gasteiger charge is 2.64. The molecule has 8 heteroatoms. The Morgan fingerprint density at radius 3 is 2.56 bits per heavy atom. The standard InChI is InChI=1S/C17H20N2O5S/c1-9(24-10-7-5-4-6-8-10)13(20)18-11-14(21)19-12(16(22)23)17(2,3)25-15(11)19/h4-9,11-12,15H,1-3H3,(H,18,20)(H,22,23)/t9-,11+,12-,15-/m1/s1. The molecule has 3 rings (SSSR count). The zero-order valence-electron chi connectivity index (χ0n) is 14.1. The summed E-state index contributed by atoms with van der Waals surface area (Å²) in [5.41, 5.74) is 0. The highest BCUT2D eigenvalue weighted by Crippen LogP contribution is 2.50. The maximum Gasteiger partial charge on any atom is 0.327 e. The number of hydrogen-bond acceptors (Lipinski definition) is 5. The first kappa shape index (κ1) is 17.6. The van der Waals surface area contributed by atoms with Crippen molar-refractivity contribution in [3.8, 4) is 5.75 Å². The minimum absolute atomic E-state index is 0.364. The number of rotatable bonds is 5. The van der Waals surface area contributed by atoms with Crippen molar-refractivity contribution in [2.75, 3.05) is 0 Å². The van der Waals surface area contributed by atoms with E-state index in [0.717, 1.165) is 0 Å². The summed E-state index contributed by atoms with van der Waals surface area (Å²) in [6.45, 7) is 5.19. The topological polar surface area (TPSA) is 95.9 Å². The van der Waals surface area contributed by atoms with Crippen LogP contribution in [0.3, 0.4) is 0 Å². The Morgan fingerprint density at radius 1 is 1.32 bits per heavy atom.